The van der Waals surface area contributed by atoms with Crippen molar-refractivity contribution in [2.75, 3.05) is 18.1 Å². The first-order valence-electron chi connectivity index (χ1n) is 6.86. The Morgan fingerprint density at radius 2 is 2.10 bits per heavy atom. The number of hydrogen-bond acceptors (Lipinski definition) is 3. The normalized spacial score (nSPS) is 17.6. The number of benzene rings is 1. The number of fused-ring (bicyclic) bond motifs is 1. The van der Waals surface area contributed by atoms with Gasteiger partial charge in [-0.1, -0.05) is 31.2 Å². The quantitative estimate of drug-likeness (QED) is 0.899. The van der Waals surface area contributed by atoms with Gasteiger partial charge in [0.2, 0.25) is 11.8 Å². The minimum atomic E-state index is -0.376. The predicted molar refractivity (Wildman–Crippen MR) is 81.4 cm³/mol. The molecule has 2 rings (SSSR count). The number of rotatable bonds is 5. The molecule has 0 spiro atoms. The molecule has 1 atom stereocenters. The maximum absolute atomic E-state index is 12.3. The van der Waals surface area contributed by atoms with E-state index in [1.165, 1.54) is 22.9 Å². The minimum Gasteiger partial charge on any atom is -0.369 e. The van der Waals surface area contributed by atoms with E-state index in [4.69, 9.17) is 5.73 Å². The van der Waals surface area contributed by atoms with Gasteiger partial charge in [-0.05, 0) is 24.0 Å². The van der Waals surface area contributed by atoms with E-state index in [2.05, 4.69) is 19.1 Å². The molecule has 0 unspecified atom stereocenters. The van der Waals surface area contributed by atoms with Crippen molar-refractivity contribution in [2.45, 2.75) is 25.8 Å². The van der Waals surface area contributed by atoms with Crippen molar-refractivity contribution in [1.29, 1.82) is 0 Å². The molecule has 2 N–H and O–H groups in total. The molecular weight excluding hydrogens is 272 g/mol. The lowest BCUT2D eigenvalue weighted by Crippen LogP contribution is -2.41. The Kier molecular flexibility index (Phi) is 5.06. The topological polar surface area (TPSA) is 63.4 Å². The second kappa shape index (κ2) is 6.79. The average Bonchev–Trinajstić information content (AvgIpc) is 2.45. The third-order valence-corrected chi connectivity index (χ3v) is 4.53. The van der Waals surface area contributed by atoms with Crippen LogP contribution in [-0.2, 0) is 16.0 Å². The van der Waals surface area contributed by atoms with Gasteiger partial charge >= 0.3 is 0 Å². The van der Waals surface area contributed by atoms with Crippen LogP contribution in [0.1, 0.15) is 30.5 Å². The van der Waals surface area contributed by atoms with Crippen LogP contribution in [0.4, 0.5) is 0 Å². The Labute approximate surface area is 123 Å². The fraction of sp³-hybridized carbons (Fsp3) is 0.467. The zero-order valence-electron chi connectivity index (χ0n) is 11.7. The van der Waals surface area contributed by atoms with Crippen LogP contribution in [-0.4, -0.2) is 34.8 Å². The number of carbonyl (C=O) groups excluding carboxylic acids is 2. The molecule has 1 aliphatic heterocycles. The van der Waals surface area contributed by atoms with Crippen molar-refractivity contribution in [3.63, 3.8) is 0 Å². The minimum absolute atomic E-state index is 0.0950. The molecule has 0 saturated carbocycles. The van der Waals surface area contributed by atoms with Crippen LogP contribution >= 0.6 is 11.8 Å². The number of thioether (sulfide) groups is 1. The lowest BCUT2D eigenvalue weighted by atomic mass is 9.91. The third-order valence-electron chi connectivity index (χ3n) is 3.59. The van der Waals surface area contributed by atoms with Crippen LogP contribution in [0.15, 0.2) is 24.3 Å². The Balaban J connectivity index is 2.05. The molecule has 4 nitrogen and oxygen atoms in total. The summed E-state index contributed by atoms with van der Waals surface area (Å²) in [6.07, 6.45) is 1.81. The highest BCUT2D eigenvalue weighted by Crippen LogP contribution is 2.32. The molecule has 0 bridgehead atoms. The van der Waals surface area contributed by atoms with Gasteiger partial charge in [0.1, 0.15) is 0 Å². The van der Waals surface area contributed by atoms with E-state index in [-0.39, 0.29) is 23.6 Å². The summed E-state index contributed by atoms with van der Waals surface area (Å²) in [4.78, 5) is 25.0. The van der Waals surface area contributed by atoms with Gasteiger partial charge < -0.3 is 10.6 Å². The van der Waals surface area contributed by atoms with Crippen molar-refractivity contribution < 1.29 is 9.59 Å². The van der Waals surface area contributed by atoms with Gasteiger partial charge in [-0.3, -0.25) is 9.59 Å². The summed E-state index contributed by atoms with van der Waals surface area (Å²) >= 11 is 1.29. The summed E-state index contributed by atoms with van der Waals surface area (Å²) in [5.41, 5.74) is 7.69. The van der Waals surface area contributed by atoms with Crippen molar-refractivity contribution in [1.82, 2.24) is 4.90 Å². The number of nitrogens with two attached hydrogens (primary N) is 1. The van der Waals surface area contributed by atoms with E-state index in [9.17, 15) is 9.59 Å². The maximum Gasteiger partial charge on any atom is 0.233 e. The van der Waals surface area contributed by atoms with E-state index in [0.717, 1.165) is 19.4 Å². The average molecular weight is 292 g/mol. The molecule has 1 aliphatic rings. The number of nitrogens with zero attached hydrogens (tertiary/aromatic N) is 1. The third kappa shape index (κ3) is 3.33. The van der Waals surface area contributed by atoms with Crippen LogP contribution in [0.2, 0.25) is 0 Å². The Hall–Kier alpha value is -1.49. The van der Waals surface area contributed by atoms with Gasteiger partial charge in [-0.2, -0.15) is 0 Å². The summed E-state index contributed by atoms with van der Waals surface area (Å²) in [5.74, 6) is 0.241. The SMILES string of the molecule is CC[C@@H]1c2ccccc2CCN1C(=O)CSCC(N)=O. The fourth-order valence-electron chi connectivity index (χ4n) is 2.71. The standard InChI is InChI=1S/C15H20N2O2S/c1-2-13-12-6-4-3-5-11(12)7-8-17(13)15(19)10-20-9-14(16)18/h3-6,13H,2,7-10H2,1H3,(H2,16,18)/t13-/m1/s1. The molecule has 0 fully saturated rings. The van der Waals surface area contributed by atoms with Gasteiger partial charge in [-0.15, -0.1) is 11.8 Å². The second-order valence-electron chi connectivity index (χ2n) is 4.92. The molecule has 1 aromatic carbocycles. The zero-order chi connectivity index (χ0) is 14.5. The van der Waals surface area contributed by atoms with Gasteiger partial charge in [0.05, 0.1) is 17.5 Å². The summed E-state index contributed by atoms with van der Waals surface area (Å²) < 4.78 is 0. The molecule has 0 radical (unpaired) electrons. The van der Waals surface area contributed by atoms with Gasteiger partial charge in [-0.25, -0.2) is 0 Å². The molecule has 1 heterocycles. The zero-order valence-corrected chi connectivity index (χ0v) is 12.5. The number of primary amides is 1. The highest BCUT2D eigenvalue weighted by molar-refractivity contribution is 8.00. The smallest absolute Gasteiger partial charge is 0.233 e. The van der Waals surface area contributed by atoms with Crippen LogP contribution in [0, 0.1) is 0 Å². The van der Waals surface area contributed by atoms with Crippen molar-refractivity contribution in [2.24, 2.45) is 5.73 Å². The van der Waals surface area contributed by atoms with Crippen molar-refractivity contribution in [3.8, 4) is 0 Å². The van der Waals surface area contributed by atoms with Crippen molar-refractivity contribution in [3.05, 3.63) is 35.4 Å². The first-order valence-corrected chi connectivity index (χ1v) is 8.02. The lowest BCUT2D eigenvalue weighted by molar-refractivity contribution is -0.131. The molecule has 5 heteroatoms. The summed E-state index contributed by atoms with van der Waals surface area (Å²) in [6, 6.07) is 8.48. The Morgan fingerprint density at radius 1 is 1.35 bits per heavy atom. The molecule has 108 valence electrons. The molecule has 20 heavy (non-hydrogen) atoms. The summed E-state index contributed by atoms with van der Waals surface area (Å²) in [7, 11) is 0. The first kappa shape index (κ1) is 14.9. The maximum atomic E-state index is 12.3. The second-order valence-corrected chi connectivity index (χ2v) is 5.90. The van der Waals surface area contributed by atoms with E-state index >= 15 is 0 Å². The Bertz CT molecular complexity index is 504. The highest BCUT2D eigenvalue weighted by Gasteiger charge is 2.28. The lowest BCUT2D eigenvalue weighted by Gasteiger charge is -2.37. The van der Waals surface area contributed by atoms with E-state index in [0.29, 0.717) is 5.75 Å². The molecule has 2 amide bonds. The fourth-order valence-corrected chi connectivity index (χ4v) is 3.36. The largest absolute Gasteiger partial charge is 0.369 e. The van der Waals surface area contributed by atoms with Crippen LogP contribution in [0.5, 0.6) is 0 Å². The van der Waals surface area contributed by atoms with Crippen LogP contribution in [0.25, 0.3) is 0 Å². The first-order chi connectivity index (χ1) is 9.63. The summed E-state index contributed by atoms with van der Waals surface area (Å²) in [5, 5.41) is 0. The van der Waals surface area contributed by atoms with Gasteiger partial charge in [0.25, 0.3) is 0 Å². The number of hydrogen-bond donors (Lipinski definition) is 1. The van der Waals surface area contributed by atoms with Crippen LogP contribution in [0.3, 0.4) is 0 Å². The molecule has 0 aromatic heterocycles. The molecule has 0 aliphatic carbocycles. The summed E-state index contributed by atoms with van der Waals surface area (Å²) in [6.45, 7) is 2.86. The molecule has 1 aromatic rings. The van der Waals surface area contributed by atoms with Crippen LogP contribution < -0.4 is 5.73 Å². The van der Waals surface area contributed by atoms with E-state index < -0.39 is 0 Å². The predicted octanol–water partition coefficient (Wildman–Crippen LogP) is 1.74. The van der Waals surface area contributed by atoms with Crippen molar-refractivity contribution >= 4 is 23.6 Å². The molecular formula is C15H20N2O2S. The van der Waals surface area contributed by atoms with Gasteiger partial charge in [0, 0.05) is 6.54 Å². The van der Waals surface area contributed by atoms with E-state index in [1.54, 1.807) is 0 Å². The Morgan fingerprint density at radius 3 is 2.80 bits per heavy atom. The molecule has 0 saturated heterocycles. The number of carbonyl (C=O) groups is 2. The van der Waals surface area contributed by atoms with E-state index in [1.807, 2.05) is 17.0 Å². The van der Waals surface area contributed by atoms with Gasteiger partial charge in [0.15, 0.2) is 0 Å². The highest BCUT2D eigenvalue weighted by atomic mass is 32.2. The monoisotopic (exact) mass is 292 g/mol. The number of amides is 2.